The summed E-state index contributed by atoms with van der Waals surface area (Å²) in [6.45, 7) is 1.31. The van der Waals surface area contributed by atoms with E-state index in [-0.39, 0.29) is 18.7 Å². The van der Waals surface area contributed by atoms with Crippen LogP contribution in [-0.2, 0) is 27.2 Å². The Morgan fingerprint density at radius 1 is 0.808 bits per heavy atom. The maximum atomic E-state index is 12.6. The van der Waals surface area contributed by atoms with Crippen molar-refractivity contribution >= 4 is 17.8 Å². The quantitative estimate of drug-likeness (QED) is 0.709. The van der Waals surface area contributed by atoms with Gasteiger partial charge in [-0.05, 0) is 17.5 Å². The molecule has 0 aliphatic heterocycles. The Labute approximate surface area is 152 Å². The van der Waals surface area contributed by atoms with Gasteiger partial charge in [-0.15, -0.1) is 0 Å². The van der Waals surface area contributed by atoms with Gasteiger partial charge >= 0.3 is 0 Å². The van der Waals surface area contributed by atoms with Crippen molar-refractivity contribution in [2.75, 3.05) is 0 Å². The summed E-state index contributed by atoms with van der Waals surface area (Å²) in [5.74, 6) is -2.30. The molecule has 0 spiro atoms. The molecule has 2 aromatic carbocycles. The molecule has 0 aliphatic rings. The number of benzene rings is 2. The van der Waals surface area contributed by atoms with Crippen molar-refractivity contribution in [1.29, 1.82) is 0 Å². The molecule has 0 unspecified atom stereocenters. The second-order valence-corrected chi connectivity index (χ2v) is 6.01. The minimum Gasteiger partial charge on any atom is -0.548 e. The van der Waals surface area contributed by atoms with Crippen LogP contribution in [0.1, 0.15) is 18.1 Å². The number of nitrogens with one attached hydrogen (secondary N) is 2. The molecule has 0 bridgehead atoms. The Morgan fingerprint density at radius 2 is 1.27 bits per heavy atom. The predicted octanol–water partition coefficient (Wildman–Crippen LogP) is 0.211. The standard InChI is InChI=1S/C20H22N2O4/c1-14(23)21-17(12-15-8-4-2-5-9-15)19(24)22-18(20(25)26)13-16-10-6-3-7-11-16/h2-11,17-18H,12-13H2,1H3,(H,21,23)(H,22,24)(H,25,26)/p-1/t17-,18-/m1/s1. The monoisotopic (exact) mass is 353 g/mol. The van der Waals surface area contributed by atoms with Crippen LogP contribution in [0.3, 0.4) is 0 Å². The smallest absolute Gasteiger partial charge is 0.243 e. The molecule has 2 atom stereocenters. The van der Waals surface area contributed by atoms with Crippen LogP contribution >= 0.6 is 0 Å². The van der Waals surface area contributed by atoms with Crippen LogP contribution < -0.4 is 15.7 Å². The van der Waals surface area contributed by atoms with E-state index in [0.717, 1.165) is 11.1 Å². The van der Waals surface area contributed by atoms with E-state index in [9.17, 15) is 19.5 Å². The van der Waals surface area contributed by atoms with Crippen molar-refractivity contribution in [3.05, 3.63) is 71.8 Å². The maximum absolute atomic E-state index is 12.6. The highest BCUT2D eigenvalue weighted by molar-refractivity contribution is 5.89. The van der Waals surface area contributed by atoms with Gasteiger partial charge in [-0.1, -0.05) is 60.7 Å². The molecule has 0 fully saturated rings. The summed E-state index contributed by atoms with van der Waals surface area (Å²) < 4.78 is 0. The lowest BCUT2D eigenvalue weighted by molar-refractivity contribution is -0.308. The fourth-order valence-electron chi connectivity index (χ4n) is 2.62. The van der Waals surface area contributed by atoms with E-state index in [4.69, 9.17) is 0 Å². The fraction of sp³-hybridized carbons (Fsp3) is 0.250. The summed E-state index contributed by atoms with van der Waals surface area (Å²) in [4.78, 5) is 35.4. The van der Waals surface area contributed by atoms with Gasteiger partial charge in [0, 0.05) is 13.3 Å². The summed E-state index contributed by atoms with van der Waals surface area (Å²) in [6.07, 6.45) is 0.365. The van der Waals surface area contributed by atoms with E-state index < -0.39 is 24.0 Å². The van der Waals surface area contributed by atoms with Crippen LogP contribution in [0.4, 0.5) is 0 Å². The first kappa shape index (κ1) is 19.2. The molecular weight excluding hydrogens is 332 g/mol. The number of hydrogen-bond acceptors (Lipinski definition) is 4. The van der Waals surface area contributed by atoms with Crippen LogP contribution in [-0.4, -0.2) is 29.9 Å². The number of rotatable bonds is 8. The molecule has 0 heterocycles. The second-order valence-electron chi connectivity index (χ2n) is 6.01. The van der Waals surface area contributed by atoms with Gasteiger partial charge in [-0.3, -0.25) is 9.59 Å². The Balaban J connectivity index is 2.09. The van der Waals surface area contributed by atoms with Gasteiger partial charge in [-0.25, -0.2) is 0 Å². The molecule has 2 rings (SSSR count). The molecular formula is C20H21N2O4-. The van der Waals surface area contributed by atoms with E-state index in [2.05, 4.69) is 10.6 Å². The second kappa shape index (κ2) is 9.36. The first-order valence-corrected chi connectivity index (χ1v) is 8.32. The zero-order valence-electron chi connectivity index (χ0n) is 14.5. The van der Waals surface area contributed by atoms with E-state index in [1.165, 1.54) is 6.92 Å². The van der Waals surface area contributed by atoms with Gasteiger partial charge in [-0.2, -0.15) is 0 Å². The van der Waals surface area contributed by atoms with Gasteiger partial charge in [0.05, 0.1) is 12.0 Å². The number of aliphatic carboxylic acids is 1. The summed E-state index contributed by atoms with van der Waals surface area (Å²) in [5.41, 5.74) is 1.62. The van der Waals surface area contributed by atoms with Crippen molar-refractivity contribution in [2.24, 2.45) is 0 Å². The van der Waals surface area contributed by atoms with Gasteiger partial charge < -0.3 is 20.5 Å². The largest absolute Gasteiger partial charge is 0.548 e. The molecule has 0 aromatic heterocycles. The van der Waals surface area contributed by atoms with Gasteiger partial charge in [0.2, 0.25) is 11.8 Å². The fourth-order valence-corrected chi connectivity index (χ4v) is 2.62. The number of carboxylic acid groups (broad SMARTS) is 1. The third-order valence-electron chi connectivity index (χ3n) is 3.86. The molecule has 0 saturated carbocycles. The van der Waals surface area contributed by atoms with E-state index in [1.807, 2.05) is 36.4 Å². The highest BCUT2D eigenvalue weighted by Crippen LogP contribution is 2.06. The van der Waals surface area contributed by atoms with Crippen LogP contribution in [0.25, 0.3) is 0 Å². The Morgan fingerprint density at radius 3 is 1.69 bits per heavy atom. The average molecular weight is 353 g/mol. The maximum Gasteiger partial charge on any atom is 0.243 e. The molecule has 0 aliphatic carbocycles. The van der Waals surface area contributed by atoms with E-state index >= 15 is 0 Å². The van der Waals surface area contributed by atoms with Crippen molar-refractivity contribution in [2.45, 2.75) is 31.8 Å². The third kappa shape index (κ3) is 6.05. The number of hydrogen-bond donors (Lipinski definition) is 2. The SMILES string of the molecule is CC(=O)N[C@H](Cc1ccccc1)C(=O)N[C@H](Cc1ccccc1)C(=O)[O-]. The number of amides is 2. The van der Waals surface area contributed by atoms with Crippen LogP contribution in [0, 0.1) is 0 Å². The van der Waals surface area contributed by atoms with Crippen molar-refractivity contribution < 1.29 is 19.5 Å². The predicted molar refractivity (Wildman–Crippen MR) is 94.8 cm³/mol. The zero-order chi connectivity index (χ0) is 18.9. The zero-order valence-corrected chi connectivity index (χ0v) is 14.5. The summed E-state index contributed by atoms with van der Waals surface area (Å²) in [7, 11) is 0. The topological polar surface area (TPSA) is 98.3 Å². The lowest BCUT2D eigenvalue weighted by Crippen LogP contribution is -2.55. The highest BCUT2D eigenvalue weighted by Gasteiger charge is 2.23. The number of carboxylic acids is 1. The van der Waals surface area contributed by atoms with Gasteiger partial charge in [0.1, 0.15) is 6.04 Å². The van der Waals surface area contributed by atoms with E-state index in [1.54, 1.807) is 24.3 Å². The summed E-state index contributed by atoms with van der Waals surface area (Å²) in [6, 6.07) is 16.1. The average Bonchev–Trinajstić information content (AvgIpc) is 2.62. The molecule has 6 nitrogen and oxygen atoms in total. The minimum absolute atomic E-state index is 0.104. The van der Waals surface area contributed by atoms with Crippen molar-refractivity contribution in [1.82, 2.24) is 10.6 Å². The molecule has 136 valence electrons. The summed E-state index contributed by atoms with van der Waals surface area (Å²) >= 11 is 0. The normalized spacial score (nSPS) is 12.7. The highest BCUT2D eigenvalue weighted by atomic mass is 16.4. The van der Waals surface area contributed by atoms with E-state index in [0.29, 0.717) is 0 Å². The lowest BCUT2D eigenvalue weighted by atomic mass is 10.0. The third-order valence-corrected chi connectivity index (χ3v) is 3.86. The molecule has 0 radical (unpaired) electrons. The van der Waals surface area contributed by atoms with Gasteiger partial charge in [0.25, 0.3) is 0 Å². The molecule has 2 N–H and O–H groups in total. The molecule has 0 saturated heterocycles. The Hall–Kier alpha value is -3.15. The Kier molecular flexibility index (Phi) is 6.91. The van der Waals surface area contributed by atoms with Crippen LogP contribution in [0.5, 0.6) is 0 Å². The van der Waals surface area contributed by atoms with Crippen molar-refractivity contribution in [3.63, 3.8) is 0 Å². The molecule has 26 heavy (non-hydrogen) atoms. The molecule has 6 heteroatoms. The van der Waals surface area contributed by atoms with Crippen molar-refractivity contribution in [3.8, 4) is 0 Å². The molecule has 2 aromatic rings. The molecule has 2 amide bonds. The first-order valence-electron chi connectivity index (χ1n) is 8.32. The first-order chi connectivity index (χ1) is 12.5. The summed E-state index contributed by atoms with van der Waals surface area (Å²) in [5, 5.41) is 16.5. The van der Waals surface area contributed by atoms with Crippen LogP contribution in [0.2, 0.25) is 0 Å². The number of carbonyl (C=O) groups is 3. The lowest BCUT2D eigenvalue weighted by Gasteiger charge is -2.24. The minimum atomic E-state index is -1.37. The number of carbonyl (C=O) groups excluding carboxylic acids is 3. The van der Waals surface area contributed by atoms with Gasteiger partial charge in [0.15, 0.2) is 0 Å². The van der Waals surface area contributed by atoms with Crippen LogP contribution in [0.15, 0.2) is 60.7 Å². The Bertz CT molecular complexity index is 747.